The van der Waals surface area contributed by atoms with Gasteiger partial charge in [0.05, 0.1) is 20.7 Å². The Morgan fingerprint density at radius 3 is 1.96 bits per heavy atom. The molecule has 0 fully saturated rings. The van der Waals surface area contributed by atoms with E-state index < -0.39 is 12.1 Å². The summed E-state index contributed by atoms with van der Waals surface area (Å²) in [6.07, 6.45) is 12.4. The van der Waals surface area contributed by atoms with Crippen molar-refractivity contribution in [2.24, 2.45) is 0 Å². The molecule has 24 heavy (non-hydrogen) atoms. The minimum absolute atomic E-state index is 0.00943. The zero-order valence-electron chi connectivity index (χ0n) is 16.1. The number of carboxylic acid groups (broad SMARTS) is 1. The Morgan fingerprint density at radius 1 is 0.958 bits per heavy atom. The van der Waals surface area contributed by atoms with Gasteiger partial charge in [0.15, 0.2) is 6.54 Å². The van der Waals surface area contributed by atoms with Crippen molar-refractivity contribution < 1.29 is 24.2 Å². The molecule has 0 aromatic heterocycles. The van der Waals surface area contributed by atoms with E-state index in [1.165, 1.54) is 57.8 Å². The number of aliphatic hydroxyl groups is 1. The molecule has 0 heterocycles. The number of ether oxygens (including phenoxy) is 1. The summed E-state index contributed by atoms with van der Waals surface area (Å²) < 4.78 is 5.77. The van der Waals surface area contributed by atoms with Crippen LogP contribution in [0.2, 0.25) is 0 Å². The van der Waals surface area contributed by atoms with Crippen LogP contribution < -0.4 is 0 Å². The zero-order chi connectivity index (χ0) is 18.3. The average Bonchev–Trinajstić information content (AvgIpc) is 2.46. The highest BCUT2D eigenvalue weighted by Gasteiger charge is 2.23. The lowest BCUT2D eigenvalue weighted by atomic mass is 10.1. The number of quaternary nitrogens is 1. The van der Waals surface area contributed by atoms with Gasteiger partial charge in [0.25, 0.3) is 0 Å². The fraction of sp³-hybridized carbons (Fsp3) is 0.947. The summed E-state index contributed by atoms with van der Waals surface area (Å²) in [6, 6.07) is 0. The Hall–Kier alpha value is -0.650. The first-order chi connectivity index (χ1) is 11.4. The number of unbranched alkanes of at least 4 members (excludes halogenated alkanes) is 9. The van der Waals surface area contributed by atoms with E-state index in [1.807, 2.05) is 0 Å². The largest absolute Gasteiger partial charge is 0.477 e. The zero-order valence-corrected chi connectivity index (χ0v) is 16.1. The van der Waals surface area contributed by atoms with Crippen molar-refractivity contribution in [3.05, 3.63) is 0 Å². The molecule has 5 nitrogen and oxygen atoms in total. The van der Waals surface area contributed by atoms with Crippen LogP contribution in [0.5, 0.6) is 0 Å². The van der Waals surface area contributed by atoms with Crippen molar-refractivity contribution in [1.29, 1.82) is 0 Å². The van der Waals surface area contributed by atoms with Crippen LogP contribution in [-0.2, 0) is 9.53 Å². The quantitative estimate of drug-likeness (QED) is 0.313. The van der Waals surface area contributed by atoms with Crippen LogP contribution in [0.15, 0.2) is 0 Å². The molecule has 0 radical (unpaired) electrons. The SMILES string of the molecule is CCCCCCCCCCCCOCC(O)C[N+](C)(C)CC(=O)O. The number of carboxylic acids is 1. The Kier molecular flexibility index (Phi) is 14.3. The maximum absolute atomic E-state index is 10.7. The summed E-state index contributed by atoms with van der Waals surface area (Å²) in [5, 5.41) is 18.7. The molecule has 0 aromatic rings. The molecule has 144 valence electrons. The normalized spacial score (nSPS) is 13.2. The second-order valence-corrected chi connectivity index (χ2v) is 7.58. The Bertz CT molecular complexity index is 308. The summed E-state index contributed by atoms with van der Waals surface area (Å²) in [5.41, 5.74) is 0. The Balaban J connectivity index is 3.39. The van der Waals surface area contributed by atoms with E-state index in [9.17, 15) is 9.90 Å². The van der Waals surface area contributed by atoms with Crippen molar-refractivity contribution in [1.82, 2.24) is 0 Å². The lowest BCUT2D eigenvalue weighted by Crippen LogP contribution is -2.49. The molecule has 0 spiro atoms. The number of likely N-dealkylation sites (N-methyl/N-ethyl adjacent to an activating group) is 1. The highest BCUT2D eigenvalue weighted by atomic mass is 16.5. The van der Waals surface area contributed by atoms with Crippen LogP contribution >= 0.6 is 0 Å². The molecule has 2 N–H and O–H groups in total. The van der Waals surface area contributed by atoms with Crippen LogP contribution in [0, 0.1) is 0 Å². The molecule has 0 aliphatic heterocycles. The lowest BCUT2D eigenvalue weighted by molar-refractivity contribution is -0.886. The van der Waals surface area contributed by atoms with Crippen molar-refractivity contribution >= 4 is 5.97 Å². The molecule has 0 rings (SSSR count). The van der Waals surface area contributed by atoms with Gasteiger partial charge in [0.2, 0.25) is 0 Å². The number of aliphatic hydroxyl groups excluding tert-OH is 1. The monoisotopic (exact) mass is 346 g/mol. The molecule has 0 aliphatic rings. The maximum atomic E-state index is 10.7. The van der Waals surface area contributed by atoms with E-state index in [-0.39, 0.29) is 11.0 Å². The predicted molar refractivity (Wildman–Crippen MR) is 98.1 cm³/mol. The summed E-state index contributed by atoms with van der Waals surface area (Å²) in [7, 11) is 3.61. The molecular weight excluding hydrogens is 306 g/mol. The van der Waals surface area contributed by atoms with Crippen molar-refractivity contribution in [2.45, 2.75) is 77.2 Å². The van der Waals surface area contributed by atoms with Gasteiger partial charge in [-0.2, -0.15) is 0 Å². The van der Waals surface area contributed by atoms with Gasteiger partial charge in [-0.15, -0.1) is 0 Å². The second-order valence-electron chi connectivity index (χ2n) is 7.58. The summed E-state index contributed by atoms with van der Waals surface area (Å²) >= 11 is 0. The third-order valence-electron chi connectivity index (χ3n) is 4.22. The van der Waals surface area contributed by atoms with Gasteiger partial charge in [-0.25, -0.2) is 4.79 Å². The molecule has 0 saturated carbocycles. The number of hydrogen-bond donors (Lipinski definition) is 2. The van der Waals surface area contributed by atoms with Crippen LogP contribution in [-0.4, -0.2) is 67.2 Å². The third-order valence-corrected chi connectivity index (χ3v) is 4.22. The van der Waals surface area contributed by atoms with Gasteiger partial charge in [-0.3, -0.25) is 0 Å². The number of nitrogens with zero attached hydrogens (tertiary/aromatic N) is 1. The Morgan fingerprint density at radius 2 is 1.46 bits per heavy atom. The van der Waals surface area contributed by atoms with Crippen LogP contribution in [0.4, 0.5) is 0 Å². The number of carbonyl (C=O) groups is 1. The smallest absolute Gasteiger partial charge is 0.359 e. The van der Waals surface area contributed by atoms with Crippen LogP contribution in [0.3, 0.4) is 0 Å². The van der Waals surface area contributed by atoms with Crippen molar-refractivity contribution in [3.8, 4) is 0 Å². The van der Waals surface area contributed by atoms with Gasteiger partial charge in [0.1, 0.15) is 12.6 Å². The summed E-state index contributed by atoms with van der Waals surface area (Å²) in [5.74, 6) is -0.849. The number of aliphatic carboxylic acids is 1. The van der Waals surface area contributed by atoms with Crippen molar-refractivity contribution in [2.75, 3.05) is 40.4 Å². The van der Waals surface area contributed by atoms with E-state index in [0.717, 1.165) is 6.42 Å². The molecule has 0 aliphatic carbocycles. The van der Waals surface area contributed by atoms with E-state index in [1.54, 1.807) is 14.1 Å². The first-order valence-corrected chi connectivity index (χ1v) is 9.67. The average molecular weight is 347 g/mol. The fourth-order valence-corrected chi connectivity index (χ4v) is 2.96. The molecule has 0 bridgehead atoms. The summed E-state index contributed by atoms with van der Waals surface area (Å²) in [4.78, 5) is 10.7. The molecule has 0 aromatic carbocycles. The predicted octanol–water partition coefficient (Wildman–Crippen LogP) is 3.45. The van der Waals surface area contributed by atoms with E-state index >= 15 is 0 Å². The minimum atomic E-state index is -0.849. The molecular formula is C19H40NO4+. The fourth-order valence-electron chi connectivity index (χ4n) is 2.96. The minimum Gasteiger partial charge on any atom is -0.477 e. The second kappa shape index (κ2) is 14.7. The first-order valence-electron chi connectivity index (χ1n) is 9.67. The van der Waals surface area contributed by atoms with Gasteiger partial charge in [-0.05, 0) is 6.42 Å². The van der Waals surface area contributed by atoms with Crippen LogP contribution in [0.1, 0.15) is 71.1 Å². The molecule has 0 amide bonds. The molecule has 1 atom stereocenters. The highest BCUT2D eigenvalue weighted by molar-refractivity contribution is 5.67. The summed E-state index contributed by atoms with van der Waals surface area (Å²) in [6.45, 7) is 3.62. The van der Waals surface area contributed by atoms with Gasteiger partial charge < -0.3 is 19.4 Å². The van der Waals surface area contributed by atoms with Gasteiger partial charge in [-0.1, -0.05) is 64.7 Å². The van der Waals surface area contributed by atoms with E-state index in [4.69, 9.17) is 9.84 Å². The number of rotatable bonds is 17. The van der Waals surface area contributed by atoms with E-state index in [0.29, 0.717) is 19.8 Å². The molecule has 0 saturated heterocycles. The van der Waals surface area contributed by atoms with Crippen molar-refractivity contribution in [3.63, 3.8) is 0 Å². The Labute approximate surface area is 148 Å². The third kappa shape index (κ3) is 16.2. The first kappa shape index (κ1) is 23.4. The molecule has 5 heteroatoms. The maximum Gasteiger partial charge on any atom is 0.359 e. The molecule has 1 unspecified atom stereocenters. The van der Waals surface area contributed by atoms with Gasteiger partial charge >= 0.3 is 5.97 Å². The van der Waals surface area contributed by atoms with Crippen LogP contribution in [0.25, 0.3) is 0 Å². The number of hydrogen-bond acceptors (Lipinski definition) is 3. The van der Waals surface area contributed by atoms with E-state index in [2.05, 4.69) is 6.92 Å². The highest BCUT2D eigenvalue weighted by Crippen LogP contribution is 2.10. The van der Waals surface area contributed by atoms with Gasteiger partial charge in [0, 0.05) is 6.61 Å². The lowest BCUT2D eigenvalue weighted by Gasteiger charge is -2.29. The standard InChI is InChI=1S/C19H39NO4/c1-4-5-6-7-8-9-10-11-12-13-14-24-17-18(21)15-20(2,3)16-19(22)23/h18,21H,4-17H2,1-3H3/p+1. The topological polar surface area (TPSA) is 66.8 Å².